The topological polar surface area (TPSA) is 93.7 Å². The zero-order valence-corrected chi connectivity index (χ0v) is 21.9. The molecule has 0 bridgehead atoms. The molecule has 5 rings (SSSR count). The molecule has 1 saturated heterocycles. The minimum atomic E-state index is -0.424. The van der Waals surface area contributed by atoms with Crippen molar-refractivity contribution < 1.29 is 4.79 Å². The van der Waals surface area contributed by atoms with Gasteiger partial charge in [0.05, 0.1) is 5.56 Å². The SMILES string of the molecule is Cc1cccn2c(=O)c(C=C(C#N)C(=O)NC3CCCCC3)c(N3CCN(Cc4ccccc4)CC3)nc12. The smallest absolute Gasteiger partial charge is 0.267 e. The van der Waals surface area contributed by atoms with Crippen molar-refractivity contribution in [2.24, 2.45) is 0 Å². The molecule has 3 heterocycles. The van der Waals surface area contributed by atoms with Crippen LogP contribution in [0, 0.1) is 18.3 Å². The van der Waals surface area contributed by atoms with Gasteiger partial charge in [0.15, 0.2) is 0 Å². The minimum Gasteiger partial charge on any atom is -0.353 e. The highest BCUT2D eigenvalue weighted by Gasteiger charge is 2.25. The number of aryl methyl sites for hydroxylation is 1. The molecule has 0 radical (unpaired) electrons. The predicted octanol–water partition coefficient (Wildman–Crippen LogP) is 3.68. The van der Waals surface area contributed by atoms with Gasteiger partial charge in [-0.1, -0.05) is 55.7 Å². The molecule has 2 aliphatic rings. The summed E-state index contributed by atoms with van der Waals surface area (Å²) in [5, 5.41) is 12.9. The van der Waals surface area contributed by atoms with E-state index in [1.807, 2.05) is 31.2 Å². The van der Waals surface area contributed by atoms with Gasteiger partial charge in [0.1, 0.15) is 23.1 Å². The van der Waals surface area contributed by atoms with Gasteiger partial charge < -0.3 is 10.2 Å². The summed E-state index contributed by atoms with van der Waals surface area (Å²) >= 11 is 0. The zero-order chi connectivity index (χ0) is 26.5. The number of piperazine rings is 1. The molecule has 2 aromatic heterocycles. The molecule has 1 N–H and O–H groups in total. The van der Waals surface area contributed by atoms with Crippen LogP contribution < -0.4 is 15.8 Å². The number of amides is 1. The first kappa shape index (κ1) is 25.7. The van der Waals surface area contributed by atoms with Gasteiger partial charge in [-0.15, -0.1) is 0 Å². The van der Waals surface area contributed by atoms with Crippen molar-refractivity contribution in [3.63, 3.8) is 0 Å². The maximum absolute atomic E-state index is 13.7. The lowest BCUT2D eigenvalue weighted by atomic mass is 9.95. The summed E-state index contributed by atoms with van der Waals surface area (Å²) in [7, 11) is 0. The summed E-state index contributed by atoms with van der Waals surface area (Å²) in [5.41, 5.74) is 2.68. The Balaban J connectivity index is 1.46. The van der Waals surface area contributed by atoms with E-state index in [0.29, 0.717) is 24.6 Å². The van der Waals surface area contributed by atoms with Crippen molar-refractivity contribution in [2.45, 2.75) is 51.6 Å². The van der Waals surface area contributed by atoms with Gasteiger partial charge in [-0.3, -0.25) is 18.9 Å². The van der Waals surface area contributed by atoms with Crippen LogP contribution in [0.25, 0.3) is 11.7 Å². The first-order chi connectivity index (χ1) is 18.5. The van der Waals surface area contributed by atoms with Crippen molar-refractivity contribution in [3.8, 4) is 6.07 Å². The average molecular weight is 511 g/mol. The molecular weight excluding hydrogens is 476 g/mol. The molecule has 1 aliphatic heterocycles. The Hall–Kier alpha value is -3.96. The number of anilines is 1. The van der Waals surface area contributed by atoms with E-state index in [9.17, 15) is 14.9 Å². The molecule has 3 aromatic rings. The fourth-order valence-electron chi connectivity index (χ4n) is 5.43. The molecule has 8 heteroatoms. The normalized spacial score (nSPS) is 17.4. The summed E-state index contributed by atoms with van der Waals surface area (Å²) in [6.45, 7) is 5.82. The molecule has 0 spiro atoms. The van der Waals surface area contributed by atoms with Gasteiger partial charge in [-0.25, -0.2) is 4.98 Å². The number of nitriles is 1. The van der Waals surface area contributed by atoms with Crippen LogP contribution >= 0.6 is 0 Å². The van der Waals surface area contributed by atoms with Gasteiger partial charge in [-0.2, -0.15) is 5.26 Å². The van der Waals surface area contributed by atoms with Gasteiger partial charge in [-0.05, 0) is 43.0 Å². The number of rotatable bonds is 6. The van der Waals surface area contributed by atoms with E-state index in [4.69, 9.17) is 4.98 Å². The maximum Gasteiger partial charge on any atom is 0.267 e. The van der Waals surface area contributed by atoms with Crippen LogP contribution in [0.2, 0.25) is 0 Å². The summed E-state index contributed by atoms with van der Waals surface area (Å²) in [4.78, 5) is 36.2. The van der Waals surface area contributed by atoms with Crippen LogP contribution in [0.4, 0.5) is 5.82 Å². The molecule has 1 saturated carbocycles. The number of nitrogens with one attached hydrogen (secondary N) is 1. The van der Waals surface area contributed by atoms with E-state index in [-0.39, 0.29) is 22.7 Å². The number of carbonyl (C=O) groups excluding carboxylic acids is 1. The van der Waals surface area contributed by atoms with Gasteiger partial charge in [0, 0.05) is 45.0 Å². The molecule has 0 atom stereocenters. The summed E-state index contributed by atoms with van der Waals surface area (Å²) in [6.07, 6.45) is 8.29. The van der Waals surface area contributed by atoms with Gasteiger partial charge >= 0.3 is 0 Å². The summed E-state index contributed by atoms with van der Waals surface area (Å²) in [6, 6.07) is 16.2. The fraction of sp³-hybridized carbons (Fsp3) is 0.400. The minimum absolute atomic E-state index is 0.0639. The first-order valence-electron chi connectivity index (χ1n) is 13.5. The highest BCUT2D eigenvalue weighted by atomic mass is 16.2. The highest BCUT2D eigenvalue weighted by Crippen LogP contribution is 2.23. The van der Waals surface area contributed by atoms with E-state index >= 15 is 0 Å². The molecule has 196 valence electrons. The molecule has 1 amide bonds. The largest absolute Gasteiger partial charge is 0.353 e. The second kappa shape index (κ2) is 11.6. The van der Waals surface area contributed by atoms with Crippen LogP contribution in [-0.2, 0) is 11.3 Å². The Morgan fingerprint density at radius 2 is 1.82 bits per heavy atom. The predicted molar refractivity (Wildman–Crippen MR) is 149 cm³/mol. The van der Waals surface area contributed by atoms with Crippen LogP contribution in [-0.4, -0.2) is 52.4 Å². The van der Waals surface area contributed by atoms with Crippen molar-refractivity contribution in [3.05, 3.63) is 81.3 Å². The van der Waals surface area contributed by atoms with Crippen molar-refractivity contribution >= 4 is 23.4 Å². The second-order valence-electron chi connectivity index (χ2n) is 10.3. The first-order valence-corrected chi connectivity index (χ1v) is 13.5. The third-order valence-electron chi connectivity index (χ3n) is 7.58. The number of fused-ring (bicyclic) bond motifs is 1. The van der Waals surface area contributed by atoms with Crippen LogP contribution in [0.15, 0.2) is 59.0 Å². The Labute approximate surface area is 223 Å². The quantitative estimate of drug-likeness (QED) is 0.402. The van der Waals surface area contributed by atoms with E-state index in [2.05, 4.69) is 39.4 Å². The Bertz CT molecular complexity index is 1420. The number of carbonyl (C=O) groups is 1. The van der Waals surface area contributed by atoms with Crippen LogP contribution in [0.1, 0.15) is 48.8 Å². The maximum atomic E-state index is 13.7. The number of hydrogen-bond acceptors (Lipinski definition) is 6. The number of benzene rings is 1. The van der Waals surface area contributed by atoms with Gasteiger partial charge in [0.2, 0.25) is 0 Å². The van der Waals surface area contributed by atoms with Gasteiger partial charge in [0.25, 0.3) is 11.5 Å². The monoisotopic (exact) mass is 510 g/mol. The third kappa shape index (κ3) is 5.63. The Kier molecular flexibility index (Phi) is 7.85. The van der Waals surface area contributed by atoms with Crippen LogP contribution in [0.3, 0.4) is 0 Å². The molecule has 2 fully saturated rings. The third-order valence-corrected chi connectivity index (χ3v) is 7.58. The second-order valence-corrected chi connectivity index (χ2v) is 10.3. The van der Waals surface area contributed by atoms with Crippen molar-refractivity contribution in [1.29, 1.82) is 5.26 Å². The Morgan fingerprint density at radius 3 is 2.53 bits per heavy atom. The zero-order valence-electron chi connectivity index (χ0n) is 21.9. The number of nitrogens with zero attached hydrogens (tertiary/aromatic N) is 5. The fourth-order valence-corrected chi connectivity index (χ4v) is 5.43. The molecular formula is C30H34N6O2. The lowest BCUT2D eigenvalue weighted by molar-refractivity contribution is -0.117. The number of pyridine rings is 1. The standard InChI is InChI=1S/C30H34N6O2/c1-22-9-8-14-36-27(22)33-28(35-17-15-34(16-18-35)21-23-10-4-2-5-11-23)26(30(36)38)19-24(20-31)29(37)32-25-12-6-3-7-13-25/h2,4-5,8-11,14,19,25H,3,6-7,12-13,15-18,21H2,1H3,(H,32,37). The molecule has 8 nitrogen and oxygen atoms in total. The van der Waals surface area contributed by atoms with E-state index in [1.54, 1.807) is 6.20 Å². The molecule has 1 aliphatic carbocycles. The van der Waals surface area contributed by atoms with E-state index in [1.165, 1.54) is 22.5 Å². The Morgan fingerprint density at radius 1 is 1.08 bits per heavy atom. The van der Waals surface area contributed by atoms with Crippen LogP contribution in [0.5, 0.6) is 0 Å². The lowest BCUT2D eigenvalue weighted by Gasteiger charge is -2.36. The molecule has 0 unspecified atom stereocenters. The summed E-state index contributed by atoms with van der Waals surface area (Å²) in [5.74, 6) is 0.105. The van der Waals surface area contributed by atoms with E-state index < -0.39 is 5.91 Å². The number of hydrogen-bond donors (Lipinski definition) is 1. The number of aromatic nitrogens is 2. The summed E-state index contributed by atoms with van der Waals surface area (Å²) < 4.78 is 1.50. The highest BCUT2D eigenvalue weighted by molar-refractivity contribution is 6.02. The van der Waals surface area contributed by atoms with Crippen molar-refractivity contribution in [2.75, 3.05) is 31.1 Å². The molecule has 38 heavy (non-hydrogen) atoms. The van der Waals surface area contributed by atoms with Crippen molar-refractivity contribution in [1.82, 2.24) is 19.6 Å². The van der Waals surface area contributed by atoms with E-state index in [0.717, 1.165) is 50.9 Å². The average Bonchev–Trinajstić information content (AvgIpc) is 2.94. The lowest BCUT2D eigenvalue weighted by Crippen LogP contribution is -2.47. The molecule has 1 aromatic carbocycles.